The maximum atomic E-state index is 13.0. The van der Waals surface area contributed by atoms with E-state index in [9.17, 15) is 4.79 Å². The number of nitrogens with zero attached hydrogens (tertiary/aromatic N) is 2. The van der Waals surface area contributed by atoms with E-state index in [-0.39, 0.29) is 11.9 Å². The molecule has 0 radical (unpaired) electrons. The van der Waals surface area contributed by atoms with Crippen LogP contribution in [0, 0.1) is 0 Å². The number of aromatic nitrogens is 1. The minimum Gasteiger partial charge on any atom is -0.496 e. The van der Waals surface area contributed by atoms with Crippen molar-refractivity contribution in [3.05, 3.63) is 82.5 Å². The first-order valence-electron chi connectivity index (χ1n) is 9.74. The Hall–Kier alpha value is -2.79. The average Bonchev–Trinajstić information content (AvgIpc) is 3.39. The molecule has 5 nitrogen and oxygen atoms in total. The number of rotatable bonds is 6. The number of para-hydroxylation sites is 1. The first kappa shape index (κ1) is 19.5. The van der Waals surface area contributed by atoms with Gasteiger partial charge in [0.2, 0.25) is 11.8 Å². The molecule has 1 aliphatic rings. The van der Waals surface area contributed by atoms with Crippen LogP contribution in [0.3, 0.4) is 0 Å². The molecule has 2 heterocycles. The van der Waals surface area contributed by atoms with E-state index in [0.29, 0.717) is 30.3 Å². The normalized spacial score (nSPS) is 16.2. The molecular formula is C23H23ClN2O3. The van der Waals surface area contributed by atoms with Gasteiger partial charge in [0.1, 0.15) is 17.6 Å². The number of benzene rings is 2. The molecule has 150 valence electrons. The van der Waals surface area contributed by atoms with E-state index in [4.69, 9.17) is 20.8 Å². The topological polar surface area (TPSA) is 55.6 Å². The van der Waals surface area contributed by atoms with Crippen LogP contribution in [0.25, 0.3) is 0 Å². The van der Waals surface area contributed by atoms with E-state index in [2.05, 4.69) is 4.98 Å². The minimum absolute atomic E-state index is 0.0643. The third-order valence-corrected chi connectivity index (χ3v) is 5.51. The highest BCUT2D eigenvalue weighted by Crippen LogP contribution is 2.33. The van der Waals surface area contributed by atoms with Crippen LogP contribution in [0.4, 0.5) is 0 Å². The number of ether oxygens (including phenoxy) is 1. The van der Waals surface area contributed by atoms with Crippen LogP contribution in [-0.2, 0) is 17.6 Å². The lowest BCUT2D eigenvalue weighted by molar-refractivity contribution is -0.131. The lowest BCUT2D eigenvalue weighted by Crippen LogP contribution is -2.32. The van der Waals surface area contributed by atoms with Crippen LogP contribution in [0.15, 0.2) is 59.1 Å². The Bertz CT molecular complexity index is 984. The summed E-state index contributed by atoms with van der Waals surface area (Å²) in [6.45, 7) is 0.716. The van der Waals surface area contributed by atoms with Crippen LogP contribution >= 0.6 is 11.6 Å². The Kier molecular flexibility index (Phi) is 5.86. The van der Waals surface area contributed by atoms with Gasteiger partial charge in [-0.25, -0.2) is 4.98 Å². The van der Waals surface area contributed by atoms with E-state index in [0.717, 1.165) is 35.5 Å². The van der Waals surface area contributed by atoms with Gasteiger partial charge in [-0.3, -0.25) is 4.79 Å². The quantitative estimate of drug-likeness (QED) is 0.583. The van der Waals surface area contributed by atoms with Gasteiger partial charge in [-0.15, -0.1) is 0 Å². The number of hydrogen-bond donors (Lipinski definition) is 0. The van der Waals surface area contributed by atoms with Gasteiger partial charge in [0, 0.05) is 23.6 Å². The van der Waals surface area contributed by atoms with Crippen LogP contribution in [-0.4, -0.2) is 29.4 Å². The van der Waals surface area contributed by atoms with Gasteiger partial charge in [0.15, 0.2) is 0 Å². The number of oxazole rings is 1. The Labute approximate surface area is 175 Å². The van der Waals surface area contributed by atoms with Gasteiger partial charge in [-0.05, 0) is 36.6 Å². The summed E-state index contributed by atoms with van der Waals surface area (Å²) < 4.78 is 11.4. The molecule has 1 aliphatic heterocycles. The fraction of sp³-hybridized carbons (Fsp3) is 0.304. The SMILES string of the molecule is COc1ccccc1CC(=O)N1CCC[C@H]1c1ncc(Cc2ccc(Cl)cc2)o1. The summed E-state index contributed by atoms with van der Waals surface area (Å²) in [4.78, 5) is 19.3. The zero-order valence-corrected chi connectivity index (χ0v) is 17.1. The zero-order valence-electron chi connectivity index (χ0n) is 16.3. The Morgan fingerprint density at radius 2 is 2.03 bits per heavy atom. The van der Waals surface area contributed by atoms with Gasteiger partial charge in [-0.1, -0.05) is 41.9 Å². The second-order valence-electron chi connectivity index (χ2n) is 7.20. The highest BCUT2D eigenvalue weighted by Gasteiger charge is 2.33. The van der Waals surface area contributed by atoms with Gasteiger partial charge in [0.25, 0.3) is 0 Å². The number of amides is 1. The van der Waals surface area contributed by atoms with Crippen LogP contribution in [0.1, 0.15) is 41.7 Å². The van der Waals surface area contributed by atoms with E-state index in [1.54, 1.807) is 13.3 Å². The second-order valence-corrected chi connectivity index (χ2v) is 7.64. The second kappa shape index (κ2) is 8.70. The van der Waals surface area contributed by atoms with Crippen LogP contribution < -0.4 is 4.74 Å². The van der Waals surface area contributed by atoms with Crippen molar-refractivity contribution < 1.29 is 13.9 Å². The monoisotopic (exact) mass is 410 g/mol. The lowest BCUT2D eigenvalue weighted by atomic mass is 10.1. The van der Waals surface area contributed by atoms with E-state index < -0.39 is 0 Å². The van der Waals surface area contributed by atoms with Gasteiger partial charge in [-0.2, -0.15) is 0 Å². The van der Waals surface area contributed by atoms with Crippen molar-refractivity contribution in [1.82, 2.24) is 9.88 Å². The molecule has 1 amide bonds. The maximum absolute atomic E-state index is 13.0. The molecule has 1 saturated heterocycles. The van der Waals surface area contributed by atoms with Gasteiger partial charge in [0.05, 0.1) is 19.7 Å². The summed E-state index contributed by atoms with van der Waals surface area (Å²) in [7, 11) is 1.62. The molecule has 1 atom stereocenters. The van der Waals surface area contributed by atoms with E-state index >= 15 is 0 Å². The van der Waals surface area contributed by atoms with E-state index in [1.807, 2.05) is 53.4 Å². The third kappa shape index (κ3) is 4.46. The maximum Gasteiger partial charge on any atom is 0.227 e. The predicted octanol–water partition coefficient (Wildman–Crippen LogP) is 4.83. The van der Waals surface area contributed by atoms with Gasteiger partial charge < -0.3 is 14.1 Å². The highest BCUT2D eigenvalue weighted by atomic mass is 35.5. The number of carbonyl (C=O) groups is 1. The Morgan fingerprint density at radius 3 is 2.83 bits per heavy atom. The van der Waals surface area contributed by atoms with Gasteiger partial charge >= 0.3 is 0 Å². The minimum atomic E-state index is -0.115. The third-order valence-electron chi connectivity index (χ3n) is 5.26. The molecule has 1 aromatic heterocycles. The predicted molar refractivity (Wildman–Crippen MR) is 111 cm³/mol. The Morgan fingerprint density at radius 1 is 1.24 bits per heavy atom. The highest BCUT2D eigenvalue weighted by molar-refractivity contribution is 6.30. The Balaban J connectivity index is 1.46. The number of likely N-dealkylation sites (tertiary alicyclic amines) is 1. The molecule has 0 unspecified atom stereocenters. The molecule has 6 heteroatoms. The zero-order chi connectivity index (χ0) is 20.2. The number of halogens is 1. The molecule has 1 fully saturated rings. The number of hydrogen-bond acceptors (Lipinski definition) is 4. The molecule has 29 heavy (non-hydrogen) atoms. The summed E-state index contributed by atoms with van der Waals surface area (Å²) in [6.07, 6.45) is 4.51. The fourth-order valence-corrected chi connectivity index (χ4v) is 3.92. The molecule has 0 N–H and O–H groups in total. The summed E-state index contributed by atoms with van der Waals surface area (Å²) >= 11 is 5.95. The van der Waals surface area contributed by atoms with Crippen molar-refractivity contribution in [2.24, 2.45) is 0 Å². The fourth-order valence-electron chi connectivity index (χ4n) is 3.80. The van der Waals surface area contributed by atoms with Crippen molar-refractivity contribution in [2.75, 3.05) is 13.7 Å². The largest absolute Gasteiger partial charge is 0.496 e. The smallest absolute Gasteiger partial charge is 0.227 e. The molecule has 4 rings (SSSR count). The van der Waals surface area contributed by atoms with Crippen molar-refractivity contribution in [2.45, 2.75) is 31.7 Å². The molecule has 0 bridgehead atoms. The standard InChI is InChI=1S/C23H23ClN2O3/c1-28-21-7-3-2-5-17(21)14-22(27)26-12-4-6-20(26)23-25-15-19(29-23)13-16-8-10-18(24)11-9-16/h2-3,5,7-11,15,20H,4,6,12-14H2,1H3/t20-/m0/s1. The number of carbonyl (C=O) groups excluding carboxylic acids is 1. The summed E-state index contributed by atoms with van der Waals surface area (Å²) in [5.74, 6) is 2.19. The molecule has 0 spiro atoms. The lowest BCUT2D eigenvalue weighted by Gasteiger charge is -2.22. The van der Waals surface area contributed by atoms with Crippen molar-refractivity contribution >= 4 is 17.5 Å². The summed E-state index contributed by atoms with van der Waals surface area (Å²) in [5, 5.41) is 0.710. The van der Waals surface area contributed by atoms with Crippen LogP contribution in [0.2, 0.25) is 5.02 Å². The van der Waals surface area contributed by atoms with Crippen LogP contribution in [0.5, 0.6) is 5.75 Å². The van der Waals surface area contributed by atoms with Crippen molar-refractivity contribution in [1.29, 1.82) is 0 Å². The molecular weight excluding hydrogens is 388 g/mol. The first-order chi connectivity index (χ1) is 14.1. The first-order valence-corrected chi connectivity index (χ1v) is 10.1. The number of methoxy groups -OCH3 is 1. The molecule has 0 saturated carbocycles. The molecule has 3 aromatic rings. The van der Waals surface area contributed by atoms with E-state index in [1.165, 1.54) is 0 Å². The van der Waals surface area contributed by atoms with Crippen molar-refractivity contribution in [3.63, 3.8) is 0 Å². The molecule has 0 aliphatic carbocycles. The summed E-state index contributed by atoms with van der Waals surface area (Å²) in [5.41, 5.74) is 1.99. The average molecular weight is 411 g/mol. The molecule has 2 aromatic carbocycles. The van der Waals surface area contributed by atoms with Crippen molar-refractivity contribution in [3.8, 4) is 5.75 Å². The summed E-state index contributed by atoms with van der Waals surface area (Å²) in [6, 6.07) is 15.2.